The Kier molecular flexibility index (Phi) is 11.4. The van der Waals surface area contributed by atoms with E-state index < -0.39 is 32.9 Å². The highest BCUT2D eigenvalue weighted by molar-refractivity contribution is 7.92. The van der Waals surface area contributed by atoms with Gasteiger partial charge in [-0.3, -0.25) is 9.69 Å². The van der Waals surface area contributed by atoms with Crippen LogP contribution in [0.25, 0.3) is 5.57 Å². The van der Waals surface area contributed by atoms with E-state index in [1.54, 1.807) is 0 Å². The number of carboxylic acid groups (broad SMARTS) is 1. The molecule has 1 saturated heterocycles. The van der Waals surface area contributed by atoms with Gasteiger partial charge in [-0.2, -0.15) is 0 Å². The SMILES string of the molecule is CC(CCN1CC=C(c2ccc(C#CCCCNC(=O)O)cc2)CC1)(C(=O)NOC1CCCCO1)S(C)(=O)=O. The highest BCUT2D eigenvalue weighted by atomic mass is 32.2. The maximum atomic E-state index is 12.9. The van der Waals surface area contributed by atoms with Gasteiger partial charge in [0, 0.05) is 57.4 Å². The van der Waals surface area contributed by atoms with Gasteiger partial charge in [-0.15, -0.1) is 0 Å². The standard InChI is InChI=1S/C28H39N3O7S/c1-28(39(2,35)36,26(32)30-38-25-9-5-7-21-37-25)16-20-31-18-14-24(15-19-31)23-12-10-22(11-13-23)8-4-3-6-17-29-27(33)34/h10-14,25,29H,3,5-7,9,15-21H2,1-2H3,(H,30,32)(H,33,34). The first kappa shape index (κ1) is 30.6. The third-order valence-corrected chi connectivity index (χ3v) is 9.19. The summed E-state index contributed by atoms with van der Waals surface area (Å²) >= 11 is 0. The lowest BCUT2D eigenvalue weighted by Crippen LogP contribution is -2.52. The van der Waals surface area contributed by atoms with Gasteiger partial charge in [-0.1, -0.05) is 30.0 Å². The van der Waals surface area contributed by atoms with E-state index in [0.29, 0.717) is 45.5 Å². The zero-order valence-electron chi connectivity index (χ0n) is 22.7. The molecule has 10 nitrogen and oxygen atoms in total. The van der Waals surface area contributed by atoms with E-state index in [2.05, 4.69) is 33.6 Å². The number of carbonyl (C=O) groups excluding carboxylic acids is 1. The number of ether oxygens (including phenoxy) is 1. The van der Waals surface area contributed by atoms with Gasteiger partial charge in [-0.05, 0) is 62.3 Å². The number of hydroxylamine groups is 1. The van der Waals surface area contributed by atoms with Crippen molar-refractivity contribution in [2.75, 3.05) is 39.0 Å². The van der Waals surface area contributed by atoms with Crippen molar-refractivity contribution in [3.63, 3.8) is 0 Å². The van der Waals surface area contributed by atoms with Crippen molar-refractivity contribution >= 4 is 27.4 Å². The number of hydrogen-bond acceptors (Lipinski definition) is 7. The molecule has 2 heterocycles. The number of carbonyl (C=O) groups is 2. The Bertz CT molecular complexity index is 1180. The molecule has 0 spiro atoms. The predicted octanol–water partition coefficient (Wildman–Crippen LogP) is 2.94. The summed E-state index contributed by atoms with van der Waals surface area (Å²) in [5, 5.41) is 10.9. The molecule has 0 bridgehead atoms. The maximum Gasteiger partial charge on any atom is 0.404 e. The highest BCUT2D eigenvalue weighted by Gasteiger charge is 2.44. The smallest absolute Gasteiger partial charge is 0.404 e. The molecule has 1 aromatic rings. The van der Waals surface area contributed by atoms with Crippen molar-refractivity contribution in [1.29, 1.82) is 0 Å². The average Bonchev–Trinajstić information content (AvgIpc) is 2.92. The molecular weight excluding hydrogens is 522 g/mol. The first-order valence-corrected chi connectivity index (χ1v) is 15.2. The zero-order valence-corrected chi connectivity index (χ0v) is 23.5. The van der Waals surface area contributed by atoms with Crippen LogP contribution in [0.5, 0.6) is 0 Å². The summed E-state index contributed by atoms with van der Waals surface area (Å²) in [5.41, 5.74) is 5.58. The van der Waals surface area contributed by atoms with E-state index >= 15 is 0 Å². The molecule has 3 N–H and O–H groups in total. The van der Waals surface area contributed by atoms with Crippen LogP contribution in [0, 0.1) is 11.8 Å². The van der Waals surface area contributed by atoms with Crippen LogP contribution in [0.4, 0.5) is 4.79 Å². The molecule has 39 heavy (non-hydrogen) atoms. The van der Waals surface area contributed by atoms with Gasteiger partial charge in [0.25, 0.3) is 5.91 Å². The third kappa shape index (κ3) is 9.35. The van der Waals surface area contributed by atoms with Gasteiger partial charge in [0.15, 0.2) is 20.9 Å². The van der Waals surface area contributed by atoms with Crippen molar-refractivity contribution < 1.29 is 32.7 Å². The minimum absolute atomic E-state index is 0.148. The van der Waals surface area contributed by atoms with Gasteiger partial charge < -0.3 is 15.2 Å². The Morgan fingerprint density at radius 1 is 1.26 bits per heavy atom. The summed E-state index contributed by atoms with van der Waals surface area (Å²) in [5.74, 6) is 5.49. The summed E-state index contributed by atoms with van der Waals surface area (Å²) in [6.45, 7) is 4.27. The summed E-state index contributed by atoms with van der Waals surface area (Å²) in [6.07, 6.45) is 6.42. The number of benzene rings is 1. The van der Waals surface area contributed by atoms with Crippen LogP contribution in [0.2, 0.25) is 0 Å². The van der Waals surface area contributed by atoms with E-state index in [0.717, 1.165) is 43.2 Å². The fraction of sp³-hybridized carbons (Fsp3) is 0.571. The van der Waals surface area contributed by atoms with Crippen molar-refractivity contribution in [1.82, 2.24) is 15.7 Å². The molecule has 2 aliphatic rings. The number of rotatable bonds is 11. The van der Waals surface area contributed by atoms with Crippen molar-refractivity contribution in [2.24, 2.45) is 0 Å². The second-order valence-electron chi connectivity index (χ2n) is 10.1. The Labute approximate surface area is 231 Å². The highest BCUT2D eigenvalue weighted by Crippen LogP contribution is 2.26. The molecule has 0 saturated carbocycles. The van der Waals surface area contributed by atoms with Gasteiger partial charge >= 0.3 is 6.09 Å². The fourth-order valence-electron chi connectivity index (χ4n) is 4.35. The topological polar surface area (TPSA) is 134 Å². The van der Waals surface area contributed by atoms with Gasteiger partial charge in [-0.25, -0.2) is 23.5 Å². The van der Waals surface area contributed by atoms with E-state index in [-0.39, 0.29) is 6.42 Å². The second kappa shape index (κ2) is 14.5. The molecule has 214 valence electrons. The van der Waals surface area contributed by atoms with Crippen molar-refractivity contribution in [3.05, 3.63) is 41.5 Å². The molecule has 1 aromatic carbocycles. The molecule has 0 aliphatic carbocycles. The molecule has 1 fully saturated rings. The Hall–Kier alpha value is -2.91. The van der Waals surface area contributed by atoms with Crippen LogP contribution in [-0.2, 0) is 24.2 Å². The lowest BCUT2D eigenvalue weighted by atomic mass is 9.98. The quantitative estimate of drug-likeness (QED) is 0.213. The largest absolute Gasteiger partial charge is 0.465 e. The Morgan fingerprint density at radius 3 is 2.64 bits per heavy atom. The average molecular weight is 562 g/mol. The lowest BCUT2D eigenvalue weighted by Gasteiger charge is -2.32. The monoisotopic (exact) mass is 561 g/mol. The van der Waals surface area contributed by atoms with Crippen LogP contribution < -0.4 is 10.8 Å². The molecule has 2 amide bonds. The van der Waals surface area contributed by atoms with Crippen LogP contribution >= 0.6 is 0 Å². The normalized spacial score (nSPS) is 19.6. The molecule has 0 aromatic heterocycles. The first-order chi connectivity index (χ1) is 18.6. The van der Waals surface area contributed by atoms with Crippen LogP contribution in [0.15, 0.2) is 30.3 Å². The maximum absolute atomic E-state index is 12.9. The van der Waals surface area contributed by atoms with Gasteiger partial charge in [0.1, 0.15) is 0 Å². The summed E-state index contributed by atoms with van der Waals surface area (Å²) in [7, 11) is -3.70. The van der Waals surface area contributed by atoms with Crippen molar-refractivity contribution in [3.8, 4) is 11.8 Å². The number of nitrogens with zero attached hydrogens (tertiary/aromatic N) is 1. The van der Waals surface area contributed by atoms with Crippen LogP contribution in [0.1, 0.15) is 63.0 Å². The number of unbranched alkanes of at least 4 members (excludes halogenated alkanes) is 1. The van der Waals surface area contributed by atoms with Gasteiger partial charge in [0.2, 0.25) is 0 Å². The van der Waals surface area contributed by atoms with E-state index in [4.69, 9.17) is 14.7 Å². The molecule has 0 radical (unpaired) electrons. The van der Waals surface area contributed by atoms with Gasteiger partial charge in [0.05, 0.1) is 0 Å². The minimum atomic E-state index is -3.70. The number of amides is 2. The predicted molar refractivity (Wildman–Crippen MR) is 148 cm³/mol. The number of nitrogens with one attached hydrogen (secondary N) is 2. The second-order valence-corrected chi connectivity index (χ2v) is 12.5. The number of sulfone groups is 1. The third-order valence-electron chi connectivity index (χ3n) is 7.16. The first-order valence-electron chi connectivity index (χ1n) is 13.3. The molecule has 11 heteroatoms. The molecule has 3 rings (SSSR count). The van der Waals surface area contributed by atoms with E-state index in [1.165, 1.54) is 12.5 Å². The summed E-state index contributed by atoms with van der Waals surface area (Å²) in [4.78, 5) is 30.8. The molecule has 2 unspecified atom stereocenters. The summed E-state index contributed by atoms with van der Waals surface area (Å²) in [6, 6.07) is 8.03. The minimum Gasteiger partial charge on any atom is -0.465 e. The lowest BCUT2D eigenvalue weighted by molar-refractivity contribution is -0.201. The summed E-state index contributed by atoms with van der Waals surface area (Å²) < 4.78 is 29.0. The zero-order chi connectivity index (χ0) is 28.3. The van der Waals surface area contributed by atoms with Crippen molar-refractivity contribution in [2.45, 2.75) is 62.9 Å². The molecule has 2 atom stereocenters. The molecule has 2 aliphatic heterocycles. The van der Waals surface area contributed by atoms with E-state index in [1.807, 2.05) is 24.3 Å². The Balaban J connectivity index is 1.49. The van der Waals surface area contributed by atoms with E-state index in [9.17, 15) is 18.0 Å². The Morgan fingerprint density at radius 2 is 2.03 bits per heavy atom. The number of hydrogen-bond donors (Lipinski definition) is 3. The van der Waals surface area contributed by atoms with Crippen LogP contribution in [-0.4, -0.2) is 80.5 Å². The molecular formula is C28H39N3O7S. The van der Waals surface area contributed by atoms with Crippen LogP contribution in [0.3, 0.4) is 0 Å². The fourth-order valence-corrected chi connectivity index (χ4v) is 5.19.